The molecule has 1 saturated heterocycles. The molecular formula is C21H27Cl2N5O. The Morgan fingerprint density at radius 1 is 0.931 bits per heavy atom. The minimum atomic E-state index is 0. The number of aryl methyl sites for hydroxylation is 1. The van der Waals surface area contributed by atoms with Gasteiger partial charge in [0.1, 0.15) is 0 Å². The Bertz CT molecular complexity index is 892. The lowest BCUT2D eigenvalue weighted by atomic mass is 10.1. The molecule has 29 heavy (non-hydrogen) atoms. The normalized spacial score (nSPS) is 14.8. The molecule has 6 nitrogen and oxygen atoms in total. The molecule has 4 rings (SSSR count). The highest BCUT2D eigenvalue weighted by molar-refractivity contribution is 5.85. The maximum absolute atomic E-state index is 5.87. The number of nitrogen functional groups attached to an aromatic ring is 1. The Morgan fingerprint density at radius 2 is 1.59 bits per heavy atom. The molecule has 1 aromatic heterocycles. The molecule has 0 aliphatic carbocycles. The van der Waals surface area contributed by atoms with Crippen LogP contribution in [0.15, 0.2) is 53.1 Å². The third kappa shape index (κ3) is 6.18. The van der Waals surface area contributed by atoms with Crippen molar-refractivity contribution in [2.75, 3.05) is 31.9 Å². The molecule has 2 N–H and O–H groups in total. The van der Waals surface area contributed by atoms with Crippen LogP contribution in [0.3, 0.4) is 0 Å². The Hall–Kier alpha value is -2.12. The minimum absolute atomic E-state index is 0. The minimum Gasteiger partial charge on any atom is -0.399 e. The van der Waals surface area contributed by atoms with Crippen LogP contribution in [0.4, 0.5) is 5.69 Å². The fourth-order valence-electron chi connectivity index (χ4n) is 3.39. The van der Waals surface area contributed by atoms with Crippen molar-refractivity contribution >= 4 is 30.5 Å². The number of hydrogen-bond acceptors (Lipinski definition) is 6. The Labute approximate surface area is 183 Å². The molecule has 0 spiro atoms. The van der Waals surface area contributed by atoms with E-state index in [1.807, 2.05) is 24.3 Å². The second kappa shape index (κ2) is 10.6. The molecule has 1 fully saturated rings. The van der Waals surface area contributed by atoms with Crippen LogP contribution < -0.4 is 5.73 Å². The van der Waals surface area contributed by atoms with E-state index in [2.05, 4.69) is 51.1 Å². The lowest BCUT2D eigenvalue weighted by Crippen LogP contribution is -2.45. The summed E-state index contributed by atoms with van der Waals surface area (Å²) in [6.07, 6.45) is 0. The van der Waals surface area contributed by atoms with E-state index in [9.17, 15) is 0 Å². The van der Waals surface area contributed by atoms with Gasteiger partial charge < -0.3 is 10.3 Å². The van der Waals surface area contributed by atoms with E-state index in [4.69, 9.17) is 10.3 Å². The molecule has 0 saturated carbocycles. The van der Waals surface area contributed by atoms with Crippen molar-refractivity contribution in [2.45, 2.75) is 20.0 Å². The molecule has 2 aromatic carbocycles. The number of nitrogens with two attached hydrogens (primary N) is 1. The molecule has 1 aliphatic rings. The van der Waals surface area contributed by atoms with E-state index in [0.29, 0.717) is 18.3 Å². The lowest BCUT2D eigenvalue weighted by Gasteiger charge is -2.33. The predicted molar refractivity (Wildman–Crippen MR) is 120 cm³/mol. The van der Waals surface area contributed by atoms with Crippen LogP contribution in [0.2, 0.25) is 0 Å². The van der Waals surface area contributed by atoms with Crippen LogP contribution in [0.25, 0.3) is 11.4 Å². The fraction of sp³-hybridized carbons (Fsp3) is 0.333. The first-order valence-electron chi connectivity index (χ1n) is 9.34. The molecule has 0 radical (unpaired) electrons. The molecule has 0 atom stereocenters. The Morgan fingerprint density at radius 3 is 2.24 bits per heavy atom. The van der Waals surface area contributed by atoms with Gasteiger partial charge >= 0.3 is 0 Å². The van der Waals surface area contributed by atoms with Crippen LogP contribution in [0, 0.1) is 6.92 Å². The van der Waals surface area contributed by atoms with Crippen LogP contribution in [-0.2, 0) is 13.1 Å². The number of benzene rings is 2. The average molecular weight is 436 g/mol. The van der Waals surface area contributed by atoms with Crippen LogP contribution in [-0.4, -0.2) is 46.1 Å². The van der Waals surface area contributed by atoms with Gasteiger partial charge in [-0.05, 0) is 24.6 Å². The number of halogens is 2. The smallest absolute Gasteiger partial charge is 0.241 e. The van der Waals surface area contributed by atoms with E-state index in [-0.39, 0.29) is 24.8 Å². The highest BCUT2D eigenvalue weighted by Gasteiger charge is 2.19. The van der Waals surface area contributed by atoms with Crippen molar-refractivity contribution in [3.05, 3.63) is 65.5 Å². The second-order valence-corrected chi connectivity index (χ2v) is 7.18. The summed E-state index contributed by atoms with van der Waals surface area (Å²) in [4.78, 5) is 9.37. The first-order valence-corrected chi connectivity index (χ1v) is 9.34. The lowest BCUT2D eigenvalue weighted by molar-refractivity contribution is 0.112. The van der Waals surface area contributed by atoms with Crippen molar-refractivity contribution in [1.82, 2.24) is 19.9 Å². The van der Waals surface area contributed by atoms with Crippen molar-refractivity contribution in [3.8, 4) is 11.4 Å². The molecule has 1 aliphatic heterocycles. The maximum atomic E-state index is 5.87. The SMILES string of the molecule is Cc1ccc(-c2noc(CN3CCN(Cc4cccc(N)c4)CC3)n2)cc1.Cl.Cl. The summed E-state index contributed by atoms with van der Waals surface area (Å²) >= 11 is 0. The molecule has 3 aromatic rings. The van der Waals surface area contributed by atoms with Gasteiger partial charge in [-0.3, -0.25) is 9.80 Å². The summed E-state index contributed by atoms with van der Waals surface area (Å²) < 4.78 is 5.46. The van der Waals surface area contributed by atoms with Gasteiger partial charge in [-0.15, -0.1) is 24.8 Å². The van der Waals surface area contributed by atoms with E-state index >= 15 is 0 Å². The second-order valence-electron chi connectivity index (χ2n) is 7.18. The number of aromatic nitrogens is 2. The largest absolute Gasteiger partial charge is 0.399 e. The van der Waals surface area contributed by atoms with Crippen molar-refractivity contribution in [3.63, 3.8) is 0 Å². The summed E-state index contributed by atoms with van der Waals surface area (Å²) in [5.41, 5.74) is 10.2. The predicted octanol–water partition coefficient (Wildman–Crippen LogP) is 3.79. The van der Waals surface area contributed by atoms with Crippen molar-refractivity contribution < 1.29 is 4.52 Å². The highest BCUT2D eigenvalue weighted by atomic mass is 35.5. The number of hydrogen-bond donors (Lipinski definition) is 1. The number of nitrogens with zero attached hydrogens (tertiary/aromatic N) is 4. The van der Waals surface area contributed by atoms with Gasteiger partial charge in [0.15, 0.2) is 0 Å². The molecule has 0 amide bonds. The fourth-order valence-corrected chi connectivity index (χ4v) is 3.39. The van der Waals surface area contributed by atoms with Gasteiger partial charge in [0.2, 0.25) is 11.7 Å². The zero-order valence-electron chi connectivity index (χ0n) is 16.5. The Kier molecular flexibility index (Phi) is 8.46. The van der Waals surface area contributed by atoms with Gasteiger partial charge in [-0.1, -0.05) is 47.1 Å². The van der Waals surface area contributed by atoms with Gasteiger partial charge in [0, 0.05) is 44.0 Å². The van der Waals surface area contributed by atoms with Crippen LogP contribution >= 0.6 is 24.8 Å². The van der Waals surface area contributed by atoms with E-state index in [0.717, 1.165) is 44.0 Å². The maximum Gasteiger partial charge on any atom is 0.241 e. The number of anilines is 1. The third-order valence-corrected chi connectivity index (χ3v) is 4.96. The van der Waals surface area contributed by atoms with E-state index in [1.165, 1.54) is 11.1 Å². The molecule has 156 valence electrons. The van der Waals surface area contributed by atoms with Gasteiger partial charge in [0.05, 0.1) is 6.54 Å². The zero-order valence-corrected chi connectivity index (χ0v) is 18.1. The Balaban J connectivity index is 0.00000150. The van der Waals surface area contributed by atoms with E-state index < -0.39 is 0 Å². The van der Waals surface area contributed by atoms with E-state index in [1.54, 1.807) is 0 Å². The topological polar surface area (TPSA) is 71.4 Å². The number of piperazine rings is 1. The molecule has 2 heterocycles. The van der Waals surface area contributed by atoms with Crippen molar-refractivity contribution in [1.29, 1.82) is 0 Å². The summed E-state index contributed by atoms with van der Waals surface area (Å²) in [6.45, 7) is 7.73. The summed E-state index contributed by atoms with van der Waals surface area (Å²) in [5, 5.41) is 4.13. The summed E-state index contributed by atoms with van der Waals surface area (Å²) in [5.74, 6) is 1.33. The first kappa shape index (κ1) is 23.2. The summed E-state index contributed by atoms with van der Waals surface area (Å²) in [6, 6.07) is 16.3. The molecule has 8 heteroatoms. The first-order chi connectivity index (χ1) is 13.2. The van der Waals surface area contributed by atoms with Crippen molar-refractivity contribution in [2.24, 2.45) is 0 Å². The van der Waals surface area contributed by atoms with Crippen LogP contribution in [0.1, 0.15) is 17.0 Å². The highest BCUT2D eigenvalue weighted by Crippen LogP contribution is 2.18. The zero-order chi connectivity index (χ0) is 18.6. The monoisotopic (exact) mass is 435 g/mol. The van der Waals surface area contributed by atoms with Crippen LogP contribution in [0.5, 0.6) is 0 Å². The molecule has 0 bridgehead atoms. The van der Waals surface area contributed by atoms with Gasteiger partial charge in [0.25, 0.3) is 0 Å². The van der Waals surface area contributed by atoms with Gasteiger partial charge in [-0.25, -0.2) is 0 Å². The number of rotatable bonds is 5. The third-order valence-electron chi connectivity index (χ3n) is 4.96. The standard InChI is InChI=1S/C21H25N5O.2ClH/c1-16-5-7-18(8-6-16)21-23-20(27-24-21)15-26-11-9-25(10-12-26)14-17-3-2-4-19(22)13-17;;/h2-8,13H,9-12,14-15,22H2,1H3;2*1H. The average Bonchev–Trinajstić information content (AvgIpc) is 3.12. The summed E-state index contributed by atoms with van der Waals surface area (Å²) in [7, 11) is 0. The molecule has 0 unspecified atom stereocenters. The molecular weight excluding hydrogens is 409 g/mol. The van der Waals surface area contributed by atoms with Gasteiger partial charge in [-0.2, -0.15) is 4.98 Å². The quantitative estimate of drug-likeness (QED) is 0.614.